The Labute approximate surface area is 144 Å². The van der Waals surface area contributed by atoms with Crippen LogP contribution in [-0.4, -0.2) is 60.2 Å². The fourth-order valence-corrected chi connectivity index (χ4v) is 3.28. The number of guanidine groups is 1. The van der Waals surface area contributed by atoms with Crippen molar-refractivity contribution in [1.82, 2.24) is 14.8 Å². The van der Waals surface area contributed by atoms with Gasteiger partial charge in [-0.15, -0.1) is 0 Å². The second-order valence-corrected chi connectivity index (χ2v) is 6.78. The molecule has 0 aliphatic carbocycles. The summed E-state index contributed by atoms with van der Waals surface area (Å²) in [6.45, 7) is 7.73. The second-order valence-electron chi connectivity index (χ2n) is 5.92. The van der Waals surface area contributed by atoms with Crippen molar-refractivity contribution in [2.45, 2.75) is 19.9 Å². The lowest BCUT2D eigenvalue weighted by Crippen LogP contribution is -2.52. The molecule has 0 aromatic heterocycles. The van der Waals surface area contributed by atoms with E-state index in [2.05, 4.69) is 37.9 Å². The van der Waals surface area contributed by atoms with Gasteiger partial charge in [-0.25, -0.2) is 14.4 Å². The maximum Gasteiger partial charge on any atom is 0.223 e. The molecule has 1 unspecified atom stereocenters. The van der Waals surface area contributed by atoms with Crippen molar-refractivity contribution in [2.24, 2.45) is 10.1 Å². The van der Waals surface area contributed by atoms with Gasteiger partial charge in [0.15, 0.2) is 0 Å². The van der Waals surface area contributed by atoms with Crippen LogP contribution in [0.1, 0.15) is 25.5 Å². The lowest BCUT2D eigenvalue weighted by atomic mass is 10.0. The molecule has 0 bridgehead atoms. The normalized spacial score (nSPS) is 22.5. The van der Waals surface area contributed by atoms with Crippen LogP contribution in [0.15, 0.2) is 26.7 Å². The van der Waals surface area contributed by atoms with Crippen molar-refractivity contribution in [3.63, 3.8) is 0 Å². The third-order valence-corrected chi connectivity index (χ3v) is 4.95. The average Bonchev–Trinajstić information content (AvgIpc) is 2.53. The Kier molecular flexibility index (Phi) is 4.68. The summed E-state index contributed by atoms with van der Waals surface area (Å²) in [5.74, 6) is 0.573. The topological polar surface area (TPSA) is 34.4 Å². The molecule has 23 heavy (non-hydrogen) atoms. The first-order valence-corrected chi connectivity index (χ1v) is 8.59. The van der Waals surface area contributed by atoms with Crippen molar-refractivity contribution in [1.29, 1.82) is 0 Å². The van der Waals surface area contributed by atoms with Crippen LogP contribution >= 0.6 is 15.9 Å². The molecule has 0 amide bonds. The Bertz CT molecular complexity index is 652. The van der Waals surface area contributed by atoms with Crippen LogP contribution < -0.4 is 0 Å². The summed E-state index contributed by atoms with van der Waals surface area (Å²) < 4.78 is 14.4. The molecular formula is C16H21BrFN5. The van der Waals surface area contributed by atoms with Crippen LogP contribution in [0.4, 0.5) is 10.1 Å². The molecule has 0 saturated carbocycles. The average molecular weight is 382 g/mol. The van der Waals surface area contributed by atoms with E-state index in [-0.39, 0.29) is 11.9 Å². The lowest BCUT2D eigenvalue weighted by molar-refractivity contribution is 0.187. The minimum absolute atomic E-state index is 0.0593. The van der Waals surface area contributed by atoms with Crippen LogP contribution in [0, 0.1) is 5.82 Å². The van der Waals surface area contributed by atoms with E-state index < -0.39 is 0 Å². The molecule has 0 spiro atoms. The molecule has 0 radical (unpaired) electrons. The monoisotopic (exact) mass is 381 g/mol. The predicted molar refractivity (Wildman–Crippen MR) is 94.7 cm³/mol. The van der Waals surface area contributed by atoms with E-state index in [0.717, 1.165) is 43.4 Å². The number of rotatable bonds is 1. The highest BCUT2D eigenvalue weighted by molar-refractivity contribution is 9.10. The number of benzene rings is 1. The molecule has 1 saturated heterocycles. The SMILES string of the molecule is C/C=N\N1C(N2CCN(C)CC2)=Nc2cc(Br)c(F)cc2C1C. The molecule has 0 N–H and O–H groups in total. The standard InChI is InChI=1S/C16H21BrFN5/c1-4-19-23-11(2)12-9-14(18)13(17)10-15(12)20-16(23)22-7-5-21(3)6-8-22/h4,9-11H,5-8H2,1-3H3/b19-4-. The van der Waals surface area contributed by atoms with Crippen LogP contribution in [0.25, 0.3) is 0 Å². The smallest absolute Gasteiger partial charge is 0.223 e. The van der Waals surface area contributed by atoms with E-state index in [1.165, 1.54) is 0 Å². The zero-order valence-electron chi connectivity index (χ0n) is 13.6. The molecule has 2 aliphatic rings. The van der Waals surface area contributed by atoms with Crippen molar-refractivity contribution >= 4 is 33.8 Å². The number of piperazine rings is 1. The summed E-state index contributed by atoms with van der Waals surface area (Å²) in [6.07, 6.45) is 1.75. The summed E-state index contributed by atoms with van der Waals surface area (Å²) in [5, 5.41) is 6.37. The molecule has 7 heteroatoms. The van der Waals surface area contributed by atoms with E-state index in [1.807, 2.05) is 18.9 Å². The largest absolute Gasteiger partial charge is 0.338 e. The van der Waals surface area contributed by atoms with Gasteiger partial charge in [-0.3, -0.25) is 0 Å². The van der Waals surface area contributed by atoms with Gasteiger partial charge >= 0.3 is 0 Å². The number of nitrogens with zero attached hydrogens (tertiary/aromatic N) is 5. The molecule has 1 aromatic carbocycles. The van der Waals surface area contributed by atoms with Gasteiger partial charge in [0.1, 0.15) is 5.82 Å². The molecule has 3 rings (SSSR count). The fourth-order valence-electron chi connectivity index (χ4n) is 2.95. The van der Waals surface area contributed by atoms with Crippen molar-refractivity contribution < 1.29 is 4.39 Å². The third-order valence-electron chi connectivity index (χ3n) is 4.34. The van der Waals surface area contributed by atoms with E-state index in [9.17, 15) is 4.39 Å². The van der Waals surface area contributed by atoms with Gasteiger partial charge in [0, 0.05) is 38.0 Å². The number of aliphatic imine (C=N–C) groups is 1. The highest BCUT2D eigenvalue weighted by Gasteiger charge is 2.32. The summed E-state index contributed by atoms with van der Waals surface area (Å²) in [6, 6.07) is 3.24. The van der Waals surface area contributed by atoms with E-state index >= 15 is 0 Å². The molecule has 124 valence electrons. The number of hydrogen-bond acceptors (Lipinski definition) is 5. The number of likely N-dealkylation sites (N-methyl/N-ethyl adjacent to an activating group) is 1. The first kappa shape index (κ1) is 16.4. The number of fused-ring (bicyclic) bond motifs is 1. The summed E-state index contributed by atoms with van der Waals surface area (Å²) >= 11 is 3.26. The van der Waals surface area contributed by atoms with Crippen LogP contribution in [-0.2, 0) is 0 Å². The van der Waals surface area contributed by atoms with Crippen molar-refractivity contribution in [3.8, 4) is 0 Å². The summed E-state index contributed by atoms with van der Waals surface area (Å²) in [5.41, 5.74) is 1.66. The Balaban J connectivity index is 2.03. The molecule has 5 nitrogen and oxygen atoms in total. The number of hydrogen-bond donors (Lipinski definition) is 0. The first-order chi connectivity index (χ1) is 11.0. The van der Waals surface area contributed by atoms with Gasteiger partial charge in [-0.2, -0.15) is 5.10 Å². The quantitative estimate of drug-likeness (QED) is 0.700. The third kappa shape index (κ3) is 3.12. The Morgan fingerprint density at radius 3 is 2.65 bits per heavy atom. The second kappa shape index (κ2) is 6.57. The zero-order valence-corrected chi connectivity index (χ0v) is 15.2. The van der Waals surface area contributed by atoms with E-state index in [1.54, 1.807) is 18.3 Å². The van der Waals surface area contributed by atoms with Gasteiger partial charge in [-0.05, 0) is 49.0 Å². The van der Waals surface area contributed by atoms with Crippen LogP contribution in [0.3, 0.4) is 0 Å². The highest BCUT2D eigenvalue weighted by atomic mass is 79.9. The molecule has 2 heterocycles. The molecule has 1 aromatic rings. The van der Waals surface area contributed by atoms with E-state index in [0.29, 0.717) is 4.47 Å². The Hall–Kier alpha value is -1.47. The molecule has 1 atom stereocenters. The summed E-state index contributed by atoms with van der Waals surface area (Å²) in [7, 11) is 2.12. The lowest BCUT2D eigenvalue weighted by Gasteiger charge is -2.41. The molecule has 1 fully saturated rings. The minimum atomic E-state index is -0.269. The van der Waals surface area contributed by atoms with E-state index in [4.69, 9.17) is 4.99 Å². The predicted octanol–water partition coefficient (Wildman–Crippen LogP) is 3.21. The van der Waals surface area contributed by atoms with Crippen LogP contribution in [0.5, 0.6) is 0 Å². The number of hydrazone groups is 1. The van der Waals surface area contributed by atoms with Gasteiger partial charge in [0.2, 0.25) is 5.96 Å². The van der Waals surface area contributed by atoms with Crippen LogP contribution in [0.2, 0.25) is 0 Å². The van der Waals surface area contributed by atoms with Crippen molar-refractivity contribution in [2.75, 3.05) is 33.2 Å². The molecule has 2 aliphatic heterocycles. The highest BCUT2D eigenvalue weighted by Crippen LogP contribution is 2.38. The number of halogens is 2. The van der Waals surface area contributed by atoms with Crippen molar-refractivity contribution in [3.05, 3.63) is 28.0 Å². The molecular weight excluding hydrogens is 361 g/mol. The Morgan fingerprint density at radius 1 is 1.30 bits per heavy atom. The Morgan fingerprint density at radius 2 is 2.00 bits per heavy atom. The zero-order chi connectivity index (χ0) is 16.6. The van der Waals surface area contributed by atoms with Gasteiger partial charge in [0.05, 0.1) is 16.2 Å². The maximum atomic E-state index is 13.9. The maximum absolute atomic E-state index is 13.9. The fraction of sp³-hybridized carbons (Fsp3) is 0.500. The van der Waals surface area contributed by atoms with Gasteiger partial charge in [-0.1, -0.05) is 0 Å². The first-order valence-electron chi connectivity index (χ1n) is 7.80. The van der Waals surface area contributed by atoms with Gasteiger partial charge < -0.3 is 9.80 Å². The van der Waals surface area contributed by atoms with Gasteiger partial charge in [0.25, 0.3) is 0 Å². The minimum Gasteiger partial charge on any atom is -0.338 e. The summed E-state index contributed by atoms with van der Waals surface area (Å²) in [4.78, 5) is 9.34.